The van der Waals surface area contributed by atoms with E-state index >= 15 is 0 Å². The zero-order valence-electron chi connectivity index (χ0n) is 9.43. The molecule has 1 aromatic heterocycles. The number of carbonyl (C=O) groups is 1. The van der Waals surface area contributed by atoms with E-state index in [2.05, 4.69) is 18.0 Å². The van der Waals surface area contributed by atoms with Gasteiger partial charge in [0.05, 0.1) is 11.1 Å². The molecule has 86 valence electrons. The third kappa shape index (κ3) is 2.38. The van der Waals surface area contributed by atoms with Crippen molar-refractivity contribution in [2.24, 2.45) is 0 Å². The Hall–Kier alpha value is -1.03. The fraction of sp³-hybridized carbons (Fsp3) is 0.500. The number of thioether (sulfide) groups is 1. The maximum Gasteiger partial charge on any atom is 0.210 e. The number of pyridine rings is 1. The molecule has 4 heteroatoms. The van der Waals surface area contributed by atoms with Gasteiger partial charge in [-0.2, -0.15) is 0 Å². The predicted octanol–water partition coefficient (Wildman–Crippen LogP) is 2.49. The second-order valence-corrected chi connectivity index (χ2v) is 5.15. The molecule has 0 N–H and O–H groups in total. The Balaban J connectivity index is 2.11. The summed E-state index contributed by atoms with van der Waals surface area (Å²) in [5, 5.41) is 1.06. The summed E-state index contributed by atoms with van der Waals surface area (Å²) in [5.41, 5.74) is 1.16. The van der Waals surface area contributed by atoms with Crippen LogP contribution in [0.3, 0.4) is 0 Å². The molecular formula is C12H16N2OS. The zero-order chi connectivity index (χ0) is 11.4. The molecule has 1 fully saturated rings. The summed E-state index contributed by atoms with van der Waals surface area (Å²) in [7, 11) is 0. The number of carbonyl (C=O) groups excluding carboxylic acids is 1. The third-order valence-corrected chi connectivity index (χ3v) is 3.69. The highest BCUT2D eigenvalue weighted by molar-refractivity contribution is 7.99. The number of nitrogens with zero attached hydrogens (tertiary/aromatic N) is 2. The summed E-state index contributed by atoms with van der Waals surface area (Å²) in [6, 6.07) is 4.38. The summed E-state index contributed by atoms with van der Waals surface area (Å²) in [4.78, 5) is 17.1. The molecule has 0 aromatic carbocycles. The Kier molecular flexibility index (Phi) is 3.83. The zero-order valence-corrected chi connectivity index (χ0v) is 10.2. The Bertz CT molecular complexity index is 353. The van der Waals surface area contributed by atoms with E-state index in [1.807, 2.05) is 17.2 Å². The number of hydrogen-bond donors (Lipinski definition) is 0. The van der Waals surface area contributed by atoms with Crippen LogP contribution in [-0.2, 0) is 4.79 Å². The lowest BCUT2D eigenvalue weighted by Crippen LogP contribution is -2.21. The minimum atomic E-state index is 0.241. The molecule has 1 saturated heterocycles. The maximum absolute atomic E-state index is 10.9. The molecule has 0 spiro atoms. The average Bonchev–Trinajstić information content (AvgIpc) is 2.78. The number of likely N-dealkylation sites (tertiary alicyclic amines) is 1. The van der Waals surface area contributed by atoms with Crippen LogP contribution in [0.5, 0.6) is 0 Å². The van der Waals surface area contributed by atoms with Crippen molar-refractivity contribution in [2.45, 2.75) is 30.8 Å². The highest BCUT2D eigenvalue weighted by atomic mass is 32.2. The molecular weight excluding hydrogens is 220 g/mol. The third-order valence-electron chi connectivity index (χ3n) is 2.87. The van der Waals surface area contributed by atoms with Crippen LogP contribution in [0.25, 0.3) is 0 Å². The van der Waals surface area contributed by atoms with Crippen molar-refractivity contribution in [1.82, 2.24) is 9.88 Å². The second kappa shape index (κ2) is 5.34. The molecule has 3 nitrogen and oxygen atoms in total. The minimum Gasteiger partial charge on any atom is -0.338 e. The smallest absolute Gasteiger partial charge is 0.210 e. The Morgan fingerprint density at radius 1 is 1.62 bits per heavy atom. The van der Waals surface area contributed by atoms with Crippen LogP contribution in [-0.4, -0.2) is 28.6 Å². The summed E-state index contributed by atoms with van der Waals surface area (Å²) in [6.45, 7) is 2.99. The van der Waals surface area contributed by atoms with Gasteiger partial charge >= 0.3 is 0 Å². The molecule has 2 rings (SSSR count). The molecule has 0 saturated carbocycles. The van der Waals surface area contributed by atoms with Crippen molar-refractivity contribution >= 4 is 18.2 Å². The van der Waals surface area contributed by atoms with E-state index in [4.69, 9.17) is 0 Å². The number of rotatable bonds is 4. The molecule has 0 bridgehead atoms. The van der Waals surface area contributed by atoms with Crippen molar-refractivity contribution in [1.29, 1.82) is 0 Å². The van der Waals surface area contributed by atoms with Crippen LogP contribution < -0.4 is 0 Å². The largest absolute Gasteiger partial charge is 0.338 e. The van der Waals surface area contributed by atoms with Crippen LogP contribution in [0.2, 0.25) is 0 Å². The van der Waals surface area contributed by atoms with Gasteiger partial charge in [-0.25, -0.2) is 4.98 Å². The summed E-state index contributed by atoms with van der Waals surface area (Å²) in [6.07, 6.45) is 5.01. The monoisotopic (exact) mass is 236 g/mol. The summed E-state index contributed by atoms with van der Waals surface area (Å²) < 4.78 is 0. The van der Waals surface area contributed by atoms with Gasteiger partial charge in [-0.15, -0.1) is 11.8 Å². The number of hydrogen-bond acceptors (Lipinski definition) is 3. The molecule has 1 atom stereocenters. The molecule has 2 heterocycles. The van der Waals surface area contributed by atoms with Crippen LogP contribution in [0.15, 0.2) is 23.4 Å². The number of amides is 1. The van der Waals surface area contributed by atoms with Gasteiger partial charge in [-0.1, -0.05) is 13.0 Å². The van der Waals surface area contributed by atoms with Crippen molar-refractivity contribution in [2.75, 3.05) is 12.3 Å². The van der Waals surface area contributed by atoms with E-state index in [1.165, 1.54) is 0 Å². The fourth-order valence-corrected chi connectivity index (χ4v) is 2.68. The van der Waals surface area contributed by atoms with Crippen LogP contribution in [0, 0.1) is 0 Å². The van der Waals surface area contributed by atoms with Crippen molar-refractivity contribution in [3.63, 3.8) is 0 Å². The van der Waals surface area contributed by atoms with E-state index in [-0.39, 0.29) is 6.04 Å². The lowest BCUT2D eigenvalue weighted by molar-refractivity contribution is -0.118. The predicted molar refractivity (Wildman–Crippen MR) is 65.4 cm³/mol. The standard InChI is InChI=1S/C12H16N2OS/c1-2-16-12-6-5-10(8-13-12)11-4-3-7-14(11)9-15/h5-6,8-9,11H,2-4,7H2,1H3/t11-/m0/s1. The summed E-state index contributed by atoms with van der Waals surface area (Å²) >= 11 is 1.74. The molecule has 1 aliphatic rings. The van der Waals surface area contributed by atoms with Gasteiger partial charge in [0.1, 0.15) is 0 Å². The Morgan fingerprint density at radius 2 is 2.50 bits per heavy atom. The van der Waals surface area contributed by atoms with E-state index in [0.29, 0.717) is 0 Å². The molecule has 0 unspecified atom stereocenters. The van der Waals surface area contributed by atoms with Crippen molar-refractivity contribution in [3.05, 3.63) is 23.9 Å². The topological polar surface area (TPSA) is 33.2 Å². The highest BCUT2D eigenvalue weighted by Crippen LogP contribution is 2.30. The number of aromatic nitrogens is 1. The van der Waals surface area contributed by atoms with Crippen LogP contribution in [0.1, 0.15) is 31.4 Å². The van der Waals surface area contributed by atoms with Gasteiger partial charge < -0.3 is 4.90 Å². The van der Waals surface area contributed by atoms with E-state index < -0.39 is 0 Å². The van der Waals surface area contributed by atoms with Gasteiger partial charge in [0.25, 0.3) is 0 Å². The molecule has 16 heavy (non-hydrogen) atoms. The second-order valence-electron chi connectivity index (χ2n) is 3.86. The van der Waals surface area contributed by atoms with Gasteiger partial charge in [0, 0.05) is 12.7 Å². The van der Waals surface area contributed by atoms with E-state index in [1.54, 1.807) is 11.8 Å². The van der Waals surface area contributed by atoms with Crippen molar-refractivity contribution in [3.8, 4) is 0 Å². The first kappa shape index (κ1) is 11.5. The van der Waals surface area contributed by atoms with Gasteiger partial charge in [-0.05, 0) is 30.2 Å². The molecule has 0 radical (unpaired) electrons. The van der Waals surface area contributed by atoms with Gasteiger partial charge in [0.15, 0.2) is 0 Å². The normalized spacial score (nSPS) is 20.1. The van der Waals surface area contributed by atoms with Crippen molar-refractivity contribution < 1.29 is 4.79 Å². The van der Waals surface area contributed by atoms with Gasteiger partial charge in [-0.3, -0.25) is 4.79 Å². The quantitative estimate of drug-likeness (QED) is 0.595. The molecule has 1 aromatic rings. The first-order chi connectivity index (χ1) is 7.85. The SMILES string of the molecule is CCSc1ccc([C@@H]2CCCN2C=O)cn1. The molecule has 0 aliphatic carbocycles. The minimum absolute atomic E-state index is 0.241. The van der Waals surface area contributed by atoms with E-state index in [0.717, 1.165) is 42.1 Å². The Labute approximate surface area is 100 Å². The highest BCUT2D eigenvalue weighted by Gasteiger charge is 2.24. The average molecular weight is 236 g/mol. The fourth-order valence-electron chi connectivity index (χ4n) is 2.10. The van der Waals surface area contributed by atoms with Crippen LogP contribution >= 0.6 is 11.8 Å². The van der Waals surface area contributed by atoms with Gasteiger partial charge in [0.2, 0.25) is 6.41 Å². The van der Waals surface area contributed by atoms with E-state index in [9.17, 15) is 4.79 Å². The first-order valence-corrected chi connectivity index (χ1v) is 6.63. The lowest BCUT2D eigenvalue weighted by atomic mass is 10.1. The first-order valence-electron chi connectivity index (χ1n) is 5.65. The summed E-state index contributed by atoms with van der Waals surface area (Å²) in [5.74, 6) is 1.04. The Morgan fingerprint density at radius 3 is 3.12 bits per heavy atom. The molecule has 1 aliphatic heterocycles. The lowest BCUT2D eigenvalue weighted by Gasteiger charge is -2.19. The van der Waals surface area contributed by atoms with Crippen LogP contribution in [0.4, 0.5) is 0 Å². The maximum atomic E-state index is 10.9. The molecule has 1 amide bonds.